The Morgan fingerprint density at radius 3 is 1.79 bits per heavy atom. The van der Waals surface area contributed by atoms with Gasteiger partial charge in [-0.3, -0.25) is 9.11 Å². The Morgan fingerprint density at radius 1 is 1.14 bits per heavy atom. The van der Waals surface area contributed by atoms with E-state index in [2.05, 4.69) is 5.71 Å². The van der Waals surface area contributed by atoms with Gasteiger partial charge in [-0.15, -0.1) is 0 Å². The van der Waals surface area contributed by atoms with Gasteiger partial charge in [0.1, 0.15) is 0 Å². The Morgan fingerprint density at radius 2 is 1.50 bits per heavy atom. The molecule has 7 heteroatoms. The SMILES string of the molecule is C[AsH]c1ccc(O)cc1.O=S(=O)(O)O. The monoisotopic (exact) mass is 282 g/mol. The van der Waals surface area contributed by atoms with Crippen LogP contribution in [0, 0.1) is 0 Å². The molecule has 0 amide bonds. The van der Waals surface area contributed by atoms with Crippen molar-refractivity contribution in [3.05, 3.63) is 24.3 Å². The molecule has 0 radical (unpaired) electrons. The Hall–Kier alpha value is -0.552. The minimum atomic E-state index is -4.67. The van der Waals surface area contributed by atoms with Gasteiger partial charge in [0.15, 0.2) is 0 Å². The summed E-state index contributed by atoms with van der Waals surface area (Å²) in [6, 6.07) is 7.44. The minimum Gasteiger partial charge on any atom is -0.264 e. The van der Waals surface area contributed by atoms with Gasteiger partial charge in [0.25, 0.3) is 0 Å². The van der Waals surface area contributed by atoms with Crippen molar-refractivity contribution in [2.45, 2.75) is 5.71 Å². The van der Waals surface area contributed by atoms with Crippen LogP contribution in [0.3, 0.4) is 0 Å². The van der Waals surface area contributed by atoms with E-state index in [1.807, 2.05) is 12.1 Å². The fourth-order valence-electron chi connectivity index (χ4n) is 0.628. The molecule has 1 atom stereocenters. The molecule has 1 rings (SSSR count). The van der Waals surface area contributed by atoms with Crippen molar-refractivity contribution in [1.82, 2.24) is 0 Å². The first kappa shape index (κ1) is 13.4. The second-order valence-electron chi connectivity index (χ2n) is 2.24. The molecule has 3 N–H and O–H groups in total. The minimum absolute atomic E-state index is 0.0706. The predicted molar refractivity (Wildman–Crippen MR) is 54.9 cm³/mol. The smallest absolute Gasteiger partial charge is 0.264 e. The van der Waals surface area contributed by atoms with Crippen molar-refractivity contribution in [2.75, 3.05) is 0 Å². The molecular weight excluding hydrogens is 271 g/mol. The van der Waals surface area contributed by atoms with E-state index in [9.17, 15) is 0 Å². The van der Waals surface area contributed by atoms with Crippen LogP contribution in [0.25, 0.3) is 0 Å². The summed E-state index contributed by atoms with van der Waals surface area (Å²) < 4.78 is 33.0. The molecule has 80 valence electrons. The van der Waals surface area contributed by atoms with E-state index >= 15 is 0 Å². The molecule has 1 aromatic carbocycles. The maximum absolute atomic E-state index is 8.87. The fraction of sp³-hybridized carbons (Fsp3) is 0.143. The molecule has 14 heavy (non-hydrogen) atoms. The predicted octanol–water partition coefficient (Wildman–Crippen LogP) is -0.151. The molecule has 1 unspecified atom stereocenters. The molecule has 0 fully saturated rings. The van der Waals surface area contributed by atoms with Gasteiger partial charge in [0, 0.05) is 0 Å². The molecule has 0 heterocycles. The number of phenols is 1. The van der Waals surface area contributed by atoms with E-state index in [0.29, 0.717) is 5.75 Å². The summed E-state index contributed by atoms with van der Waals surface area (Å²) in [6.07, 6.45) is 0. The first-order chi connectivity index (χ1) is 6.33. The van der Waals surface area contributed by atoms with E-state index < -0.39 is 10.4 Å². The van der Waals surface area contributed by atoms with Crippen LogP contribution < -0.4 is 4.35 Å². The van der Waals surface area contributed by atoms with Crippen molar-refractivity contribution >= 4 is 30.5 Å². The van der Waals surface area contributed by atoms with Gasteiger partial charge < -0.3 is 0 Å². The molecule has 0 saturated carbocycles. The average Bonchev–Trinajstić information content (AvgIpc) is 2.03. The van der Waals surface area contributed by atoms with E-state index in [0.717, 1.165) is 0 Å². The molecule has 1 aromatic rings. The Balaban J connectivity index is 0.000000292. The summed E-state index contributed by atoms with van der Waals surface area (Å²) in [5.41, 5.74) is 2.21. The third-order valence-corrected chi connectivity index (χ3v) is 3.07. The number of phenolic OH excluding ortho intramolecular Hbond substituents is 1. The van der Waals surface area contributed by atoms with Crippen LogP contribution in [0.5, 0.6) is 5.75 Å². The zero-order chi connectivity index (χ0) is 11.2. The Labute approximate surface area is 89.0 Å². The van der Waals surface area contributed by atoms with Crippen molar-refractivity contribution in [3.8, 4) is 5.75 Å². The summed E-state index contributed by atoms with van der Waals surface area (Å²) >= 11 is 0.0706. The molecule has 0 aromatic heterocycles. The van der Waals surface area contributed by atoms with Crippen molar-refractivity contribution in [2.24, 2.45) is 0 Å². The summed E-state index contributed by atoms with van der Waals surface area (Å²) in [7, 11) is -4.67. The first-order valence-electron chi connectivity index (χ1n) is 3.49. The zero-order valence-electron chi connectivity index (χ0n) is 7.38. The number of hydrogen-bond acceptors (Lipinski definition) is 3. The van der Waals surface area contributed by atoms with Gasteiger partial charge >= 0.3 is 71.3 Å². The van der Waals surface area contributed by atoms with Gasteiger partial charge in [-0.25, -0.2) is 0 Å². The van der Waals surface area contributed by atoms with Crippen LogP contribution in [0.15, 0.2) is 24.3 Å². The maximum atomic E-state index is 8.87. The molecule has 0 aliphatic rings. The van der Waals surface area contributed by atoms with E-state index in [1.54, 1.807) is 12.1 Å². The first-order valence-corrected chi connectivity index (χ1v) is 8.04. The quantitative estimate of drug-likeness (QED) is 0.492. The molecule has 0 aliphatic carbocycles. The van der Waals surface area contributed by atoms with E-state index in [1.165, 1.54) is 4.35 Å². The van der Waals surface area contributed by atoms with Crippen molar-refractivity contribution in [3.63, 3.8) is 0 Å². The summed E-state index contributed by atoms with van der Waals surface area (Å²) in [5.74, 6) is 0.360. The molecule has 0 bridgehead atoms. The van der Waals surface area contributed by atoms with Gasteiger partial charge in [-0.1, -0.05) is 0 Å². The zero-order valence-corrected chi connectivity index (χ0v) is 10.3. The Kier molecular flexibility index (Phi) is 5.79. The number of rotatable bonds is 1. The van der Waals surface area contributed by atoms with Gasteiger partial charge in [0.05, 0.1) is 0 Å². The molecular formula is C7H11AsO5S. The largest absolute Gasteiger partial charge is 0.394 e. The van der Waals surface area contributed by atoms with Gasteiger partial charge in [0.2, 0.25) is 0 Å². The number of aromatic hydroxyl groups is 1. The second-order valence-corrected chi connectivity index (χ2v) is 5.40. The molecule has 0 aliphatic heterocycles. The van der Waals surface area contributed by atoms with Crippen LogP contribution >= 0.6 is 0 Å². The van der Waals surface area contributed by atoms with Crippen molar-refractivity contribution in [1.29, 1.82) is 0 Å². The molecule has 0 spiro atoms. The van der Waals surface area contributed by atoms with Crippen LogP contribution in [0.4, 0.5) is 0 Å². The third kappa shape index (κ3) is 9.54. The summed E-state index contributed by atoms with van der Waals surface area (Å²) in [4.78, 5) is 0. The summed E-state index contributed by atoms with van der Waals surface area (Å²) in [5, 5.41) is 8.87. The van der Waals surface area contributed by atoms with Crippen LogP contribution in [-0.4, -0.2) is 38.4 Å². The van der Waals surface area contributed by atoms with Crippen LogP contribution in [0.2, 0.25) is 5.71 Å². The number of hydrogen-bond donors (Lipinski definition) is 3. The van der Waals surface area contributed by atoms with Gasteiger partial charge in [-0.2, -0.15) is 8.42 Å². The van der Waals surface area contributed by atoms with Crippen LogP contribution in [0.1, 0.15) is 0 Å². The standard InChI is InChI=1S/C7H9AsO.H2O4S/c1-8-6-2-4-7(9)5-3-6;1-5(2,3)4/h2-5,8-9H,1H3;(H2,1,2,3,4). The second kappa shape index (κ2) is 6.03. The topological polar surface area (TPSA) is 94.8 Å². The molecule has 5 nitrogen and oxygen atoms in total. The van der Waals surface area contributed by atoms with E-state index in [-0.39, 0.29) is 15.8 Å². The fourth-order valence-corrected chi connectivity index (χ4v) is 1.68. The van der Waals surface area contributed by atoms with E-state index in [4.69, 9.17) is 22.6 Å². The normalized spacial score (nSPS) is 11.1. The Bertz CT molecular complexity index is 350. The van der Waals surface area contributed by atoms with Gasteiger partial charge in [-0.05, 0) is 0 Å². The third-order valence-electron chi connectivity index (χ3n) is 1.16. The maximum Gasteiger partial charge on any atom is 0.394 e. The van der Waals surface area contributed by atoms with Crippen LogP contribution in [-0.2, 0) is 10.4 Å². The number of benzene rings is 1. The summed E-state index contributed by atoms with van der Waals surface area (Å²) in [6.45, 7) is 0. The average molecular weight is 282 g/mol. The molecule has 0 saturated heterocycles. The van der Waals surface area contributed by atoms with Crippen molar-refractivity contribution < 1.29 is 22.6 Å².